The molecule has 0 fully saturated rings. The Bertz CT molecular complexity index is 522. The molecule has 0 aliphatic rings. The van der Waals surface area contributed by atoms with Gasteiger partial charge in [-0.25, -0.2) is 0 Å². The van der Waals surface area contributed by atoms with Crippen LogP contribution in [0.15, 0.2) is 36.5 Å². The van der Waals surface area contributed by atoms with E-state index in [4.69, 9.17) is 0 Å². The minimum atomic E-state index is 0.534. The number of hydrogen-bond acceptors (Lipinski definition) is 4. The van der Waals surface area contributed by atoms with Crippen LogP contribution < -0.4 is 5.32 Å². The number of rotatable bonds is 8. The van der Waals surface area contributed by atoms with Crippen molar-refractivity contribution in [1.82, 2.24) is 15.2 Å². The van der Waals surface area contributed by atoms with Gasteiger partial charge in [0.1, 0.15) is 0 Å². The highest BCUT2D eigenvalue weighted by Crippen LogP contribution is 2.19. The fraction of sp³-hybridized carbons (Fsp3) is 0.471. The van der Waals surface area contributed by atoms with Gasteiger partial charge in [0.2, 0.25) is 0 Å². The van der Waals surface area contributed by atoms with E-state index in [1.807, 2.05) is 23.6 Å². The number of aromatic nitrogens is 1. The predicted octanol–water partition coefficient (Wildman–Crippen LogP) is 3.66. The lowest BCUT2D eigenvalue weighted by Crippen LogP contribution is -2.22. The third kappa shape index (κ3) is 5.58. The molecule has 0 aliphatic carbocycles. The molecule has 4 heteroatoms. The minimum absolute atomic E-state index is 0.534. The Morgan fingerprint density at radius 1 is 1.14 bits per heavy atom. The third-order valence-corrected chi connectivity index (χ3v) is 4.41. The van der Waals surface area contributed by atoms with Gasteiger partial charge in [-0.1, -0.05) is 26.8 Å². The van der Waals surface area contributed by atoms with Crippen LogP contribution in [-0.2, 0) is 19.6 Å². The van der Waals surface area contributed by atoms with Gasteiger partial charge in [0, 0.05) is 41.6 Å². The van der Waals surface area contributed by atoms with Crippen molar-refractivity contribution in [2.75, 3.05) is 6.54 Å². The third-order valence-electron chi connectivity index (χ3n) is 3.34. The molecule has 2 heterocycles. The van der Waals surface area contributed by atoms with E-state index in [1.165, 1.54) is 9.75 Å². The number of hydrogen-bond donors (Lipinski definition) is 1. The second-order valence-electron chi connectivity index (χ2n) is 5.53. The van der Waals surface area contributed by atoms with Gasteiger partial charge in [-0.05, 0) is 30.8 Å². The van der Waals surface area contributed by atoms with Gasteiger partial charge in [0.05, 0.1) is 5.69 Å². The first-order valence-electron chi connectivity index (χ1n) is 7.60. The maximum absolute atomic E-state index is 4.41. The van der Waals surface area contributed by atoms with Crippen molar-refractivity contribution in [1.29, 1.82) is 0 Å². The maximum atomic E-state index is 4.41. The molecule has 2 aromatic rings. The van der Waals surface area contributed by atoms with Gasteiger partial charge in [0.25, 0.3) is 0 Å². The highest BCUT2D eigenvalue weighted by Gasteiger charge is 2.08. The SMILES string of the molecule is CCN(Cc1ccccn1)Cc1ccc(CNC(C)C)s1. The summed E-state index contributed by atoms with van der Waals surface area (Å²) in [5, 5.41) is 3.47. The lowest BCUT2D eigenvalue weighted by atomic mass is 10.3. The fourth-order valence-electron chi connectivity index (χ4n) is 2.13. The number of nitrogens with zero attached hydrogens (tertiary/aromatic N) is 2. The van der Waals surface area contributed by atoms with Crippen LogP contribution in [0.5, 0.6) is 0 Å². The highest BCUT2D eigenvalue weighted by atomic mass is 32.1. The van der Waals surface area contributed by atoms with Crippen LogP contribution in [0.2, 0.25) is 0 Å². The summed E-state index contributed by atoms with van der Waals surface area (Å²) in [7, 11) is 0. The van der Waals surface area contributed by atoms with Crippen molar-refractivity contribution >= 4 is 11.3 Å². The van der Waals surface area contributed by atoms with Crippen molar-refractivity contribution < 1.29 is 0 Å². The van der Waals surface area contributed by atoms with E-state index in [-0.39, 0.29) is 0 Å². The summed E-state index contributed by atoms with van der Waals surface area (Å²) in [6, 6.07) is 11.1. The molecule has 1 N–H and O–H groups in total. The maximum Gasteiger partial charge on any atom is 0.0544 e. The monoisotopic (exact) mass is 303 g/mol. The first-order chi connectivity index (χ1) is 10.2. The molecule has 0 unspecified atom stereocenters. The molecular weight excluding hydrogens is 278 g/mol. The molecule has 114 valence electrons. The molecule has 21 heavy (non-hydrogen) atoms. The molecule has 0 amide bonds. The van der Waals surface area contributed by atoms with E-state index in [1.54, 1.807) is 0 Å². The molecule has 2 rings (SSSR count). The zero-order valence-corrected chi connectivity index (χ0v) is 14.0. The second kappa shape index (κ2) is 8.27. The number of nitrogens with one attached hydrogen (secondary N) is 1. The van der Waals surface area contributed by atoms with Gasteiger partial charge in [-0.3, -0.25) is 9.88 Å². The Balaban J connectivity index is 1.89. The molecule has 0 atom stereocenters. The molecule has 0 aliphatic heterocycles. The Hall–Kier alpha value is -1.23. The summed E-state index contributed by atoms with van der Waals surface area (Å²) in [6.07, 6.45) is 1.87. The summed E-state index contributed by atoms with van der Waals surface area (Å²) < 4.78 is 0. The number of pyridine rings is 1. The zero-order valence-electron chi connectivity index (χ0n) is 13.2. The van der Waals surface area contributed by atoms with Gasteiger partial charge in [-0.15, -0.1) is 11.3 Å². The minimum Gasteiger partial charge on any atom is -0.310 e. The van der Waals surface area contributed by atoms with Crippen LogP contribution in [0, 0.1) is 0 Å². The first-order valence-corrected chi connectivity index (χ1v) is 8.42. The molecule has 3 nitrogen and oxygen atoms in total. The fourth-order valence-corrected chi connectivity index (χ4v) is 3.14. The van der Waals surface area contributed by atoms with Gasteiger partial charge < -0.3 is 5.32 Å². The van der Waals surface area contributed by atoms with Crippen molar-refractivity contribution in [2.24, 2.45) is 0 Å². The van der Waals surface area contributed by atoms with E-state index in [0.29, 0.717) is 6.04 Å². The van der Waals surface area contributed by atoms with Gasteiger partial charge >= 0.3 is 0 Å². The first kappa shape index (κ1) is 16.1. The van der Waals surface area contributed by atoms with E-state index in [0.717, 1.165) is 31.9 Å². The Morgan fingerprint density at radius 3 is 2.62 bits per heavy atom. The molecule has 0 saturated carbocycles. The lowest BCUT2D eigenvalue weighted by molar-refractivity contribution is 0.270. The van der Waals surface area contributed by atoms with E-state index < -0.39 is 0 Å². The van der Waals surface area contributed by atoms with Crippen LogP contribution in [0.4, 0.5) is 0 Å². The van der Waals surface area contributed by atoms with Crippen molar-refractivity contribution in [3.63, 3.8) is 0 Å². The van der Waals surface area contributed by atoms with Crippen LogP contribution in [0.3, 0.4) is 0 Å². The Morgan fingerprint density at radius 2 is 1.95 bits per heavy atom. The largest absolute Gasteiger partial charge is 0.310 e. The average Bonchev–Trinajstić information content (AvgIpc) is 2.93. The normalized spacial score (nSPS) is 11.5. The molecule has 0 saturated heterocycles. The van der Waals surface area contributed by atoms with Crippen LogP contribution >= 0.6 is 11.3 Å². The summed E-state index contributed by atoms with van der Waals surface area (Å²) in [4.78, 5) is 9.67. The molecule has 0 aromatic carbocycles. The quantitative estimate of drug-likeness (QED) is 0.806. The molecule has 0 bridgehead atoms. The number of thiophene rings is 1. The van der Waals surface area contributed by atoms with E-state index >= 15 is 0 Å². The van der Waals surface area contributed by atoms with Crippen LogP contribution in [-0.4, -0.2) is 22.5 Å². The van der Waals surface area contributed by atoms with Gasteiger partial charge in [-0.2, -0.15) is 0 Å². The molecule has 2 aromatic heterocycles. The molecule has 0 spiro atoms. The van der Waals surface area contributed by atoms with Crippen molar-refractivity contribution in [3.8, 4) is 0 Å². The highest BCUT2D eigenvalue weighted by molar-refractivity contribution is 7.11. The van der Waals surface area contributed by atoms with Crippen molar-refractivity contribution in [2.45, 2.75) is 46.4 Å². The summed E-state index contributed by atoms with van der Waals surface area (Å²) in [5.74, 6) is 0. The Labute approximate surface area is 132 Å². The summed E-state index contributed by atoms with van der Waals surface area (Å²) >= 11 is 1.90. The summed E-state index contributed by atoms with van der Waals surface area (Å²) in [6.45, 7) is 10.5. The predicted molar refractivity (Wildman–Crippen MR) is 90.3 cm³/mol. The standard InChI is InChI=1S/C17H25N3S/c1-4-20(12-15-7-5-6-10-18-15)13-17-9-8-16(21-17)11-19-14(2)3/h5-10,14,19H,4,11-13H2,1-3H3. The Kier molecular flexibility index (Phi) is 6.36. The van der Waals surface area contributed by atoms with Crippen LogP contribution in [0.25, 0.3) is 0 Å². The summed E-state index contributed by atoms with van der Waals surface area (Å²) in [5.41, 5.74) is 1.14. The van der Waals surface area contributed by atoms with Crippen molar-refractivity contribution in [3.05, 3.63) is 52.0 Å². The van der Waals surface area contributed by atoms with Crippen LogP contribution in [0.1, 0.15) is 36.2 Å². The molecular formula is C17H25N3S. The second-order valence-corrected chi connectivity index (χ2v) is 6.78. The smallest absolute Gasteiger partial charge is 0.0544 e. The average molecular weight is 303 g/mol. The zero-order chi connectivity index (χ0) is 15.1. The van der Waals surface area contributed by atoms with E-state index in [2.05, 4.69) is 60.2 Å². The molecule has 0 radical (unpaired) electrons. The van der Waals surface area contributed by atoms with Gasteiger partial charge in [0.15, 0.2) is 0 Å². The lowest BCUT2D eigenvalue weighted by Gasteiger charge is -2.18. The topological polar surface area (TPSA) is 28.2 Å². The van der Waals surface area contributed by atoms with E-state index in [9.17, 15) is 0 Å².